The second kappa shape index (κ2) is 11.5. The maximum absolute atomic E-state index is 12.6. The molecule has 1 aromatic heterocycles. The number of halogens is 2. The van der Waals surface area contributed by atoms with Crippen molar-refractivity contribution in [3.63, 3.8) is 0 Å². The molecule has 1 fully saturated rings. The fourth-order valence-electron chi connectivity index (χ4n) is 6.26. The summed E-state index contributed by atoms with van der Waals surface area (Å²) in [6.45, 7) is 1.18. The summed E-state index contributed by atoms with van der Waals surface area (Å²) in [5, 5.41) is 23.5. The first kappa shape index (κ1) is 27.7. The van der Waals surface area contributed by atoms with Crippen molar-refractivity contribution < 1.29 is 10.2 Å². The molecule has 0 radical (unpaired) electrons. The average molecular weight is 637 g/mol. The van der Waals surface area contributed by atoms with Crippen LogP contribution in [0.1, 0.15) is 52.3 Å². The zero-order chi connectivity index (χ0) is 27.9. The van der Waals surface area contributed by atoms with E-state index in [1.165, 1.54) is 28.5 Å². The third-order valence-electron chi connectivity index (χ3n) is 8.41. The smallest absolute Gasteiger partial charge is 0.188 e. The highest BCUT2D eigenvalue weighted by atomic mass is 79.9. The molecule has 3 aliphatic carbocycles. The Morgan fingerprint density at radius 3 is 2.17 bits per heavy atom. The van der Waals surface area contributed by atoms with Crippen LogP contribution in [0.2, 0.25) is 5.15 Å². The van der Waals surface area contributed by atoms with Crippen LogP contribution in [-0.4, -0.2) is 26.4 Å². The molecule has 3 aromatic carbocycles. The number of aromatic nitrogens is 2. The van der Waals surface area contributed by atoms with E-state index in [0.29, 0.717) is 22.3 Å². The standard InChI is InChI=1S/C32H31BrClN3O2S/c1-40-31-35-26(25(19-38)30(34)36-31)16-32(39)23-14-22(15-23)24-12-13-27(29(33)28(24)32)37(17-20-8-4-2-5-9-20)18-21-10-6-3-7-11-21/h2-13,22-23,38-39H,14-19H2,1H3. The molecule has 4 aromatic rings. The quantitative estimate of drug-likeness (QED) is 0.115. The Morgan fingerprint density at radius 1 is 0.975 bits per heavy atom. The van der Waals surface area contributed by atoms with Gasteiger partial charge >= 0.3 is 0 Å². The fraction of sp³-hybridized carbons (Fsp3) is 0.312. The number of hydrogen-bond donors (Lipinski definition) is 2. The topological polar surface area (TPSA) is 69.5 Å². The number of aliphatic hydroxyl groups is 2. The lowest BCUT2D eigenvalue weighted by molar-refractivity contribution is -0.0815. The van der Waals surface area contributed by atoms with Gasteiger partial charge in [0.1, 0.15) is 5.15 Å². The van der Waals surface area contributed by atoms with Crippen molar-refractivity contribution >= 4 is 45.0 Å². The van der Waals surface area contributed by atoms with E-state index in [-0.39, 0.29) is 24.1 Å². The summed E-state index contributed by atoms with van der Waals surface area (Å²) in [7, 11) is 0. The zero-order valence-electron chi connectivity index (χ0n) is 22.2. The van der Waals surface area contributed by atoms with E-state index < -0.39 is 5.60 Å². The monoisotopic (exact) mass is 635 g/mol. The summed E-state index contributed by atoms with van der Waals surface area (Å²) in [5.74, 6) is 0.543. The van der Waals surface area contributed by atoms with Crippen LogP contribution in [0.15, 0.2) is 82.4 Å². The molecule has 206 valence electrons. The summed E-state index contributed by atoms with van der Waals surface area (Å²) in [6, 6.07) is 25.3. The van der Waals surface area contributed by atoms with E-state index >= 15 is 0 Å². The lowest BCUT2D eigenvalue weighted by Crippen LogP contribution is -2.50. The van der Waals surface area contributed by atoms with Crippen molar-refractivity contribution in [2.75, 3.05) is 11.2 Å². The molecular formula is C32H31BrClN3O2S. The second-order valence-electron chi connectivity index (χ2n) is 10.7. The summed E-state index contributed by atoms with van der Waals surface area (Å²) < 4.78 is 0.921. The van der Waals surface area contributed by atoms with Crippen LogP contribution in [0.5, 0.6) is 0 Å². The summed E-state index contributed by atoms with van der Waals surface area (Å²) in [6.07, 6.45) is 4.04. The Kier molecular flexibility index (Phi) is 7.94. The maximum atomic E-state index is 12.6. The van der Waals surface area contributed by atoms with E-state index in [1.807, 2.05) is 18.4 Å². The molecule has 7 rings (SSSR count). The van der Waals surface area contributed by atoms with Gasteiger partial charge in [-0.2, -0.15) is 0 Å². The van der Waals surface area contributed by atoms with Crippen molar-refractivity contribution in [3.05, 3.63) is 116 Å². The number of rotatable bonds is 9. The Bertz CT molecular complexity index is 1480. The molecule has 1 atom stereocenters. The third kappa shape index (κ3) is 5.07. The van der Waals surface area contributed by atoms with Crippen molar-refractivity contribution in [3.8, 4) is 0 Å². The fourth-order valence-corrected chi connectivity index (χ4v) is 7.90. The van der Waals surface area contributed by atoms with Gasteiger partial charge in [-0.15, -0.1) is 0 Å². The molecule has 2 N–H and O–H groups in total. The third-order valence-corrected chi connectivity index (χ3v) is 10.1. The molecular weight excluding hydrogens is 606 g/mol. The van der Waals surface area contributed by atoms with E-state index in [9.17, 15) is 10.2 Å². The lowest BCUT2D eigenvalue weighted by Gasteiger charge is -2.54. The molecule has 2 bridgehead atoms. The second-order valence-corrected chi connectivity index (χ2v) is 12.7. The molecule has 0 amide bonds. The van der Waals surface area contributed by atoms with E-state index in [1.54, 1.807) is 0 Å². The highest BCUT2D eigenvalue weighted by Crippen LogP contribution is 2.61. The lowest BCUT2D eigenvalue weighted by atomic mass is 9.54. The Morgan fingerprint density at radius 2 is 1.60 bits per heavy atom. The molecule has 0 aliphatic heterocycles. The molecule has 0 spiro atoms. The van der Waals surface area contributed by atoms with Crippen molar-refractivity contribution in [1.29, 1.82) is 0 Å². The van der Waals surface area contributed by atoms with Crippen LogP contribution < -0.4 is 4.90 Å². The number of aliphatic hydroxyl groups excluding tert-OH is 1. The van der Waals surface area contributed by atoms with Gasteiger partial charge in [0.05, 0.1) is 23.6 Å². The van der Waals surface area contributed by atoms with Crippen LogP contribution in [0, 0.1) is 5.92 Å². The SMILES string of the molecule is CSc1nc(Cl)c(CO)c(CC2(O)c3c(ccc(N(Cc4ccccc4)Cc4ccccc4)c3Br)C3CC2C3)n1. The molecule has 40 heavy (non-hydrogen) atoms. The van der Waals surface area contributed by atoms with Gasteiger partial charge in [-0.25, -0.2) is 9.97 Å². The van der Waals surface area contributed by atoms with E-state index in [2.05, 4.69) is 86.5 Å². The normalized spacial score (nSPS) is 21.0. The first-order valence-electron chi connectivity index (χ1n) is 13.5. The minimum atomic E-state index is -1.15. The van der Waals surface area contributed by atoms with E-state index in [0.717, 1.165) is 41.7 Å². The Labute approximate surface area is 252 Å². The van der Waals surface area contributed by atoms with Crippen LogP contribution in [0.3, 0.4) is 0 Å². The van der Waals surface area contributed by atoms with Crippen molar-refractivity contribution in [2.45, 2.75) is 55.6 Å². The van der Waals surface area contributed by atoms with Crippen molar-refractivity contribution in [1.82, 2.24) is 9.97 Å². The van der Waals surface area contributed by atoms with Gasteiger partial charge < -0.3 is 15.1 Å². The van der Waals surface area contributed by atoms with Gasteiger partial charge in [-0.1, -0.05) is 90.1 Å². The molecule has 3 aliphatic rings. The van der Waals surface area contributed by atoms with Gasteiger partial charge in [-0.05, 0) is 69.6 Å². The molecule has 5 nitrogen and oxygen atoms in total. The number of thioether (sulfide) groups is 1. The van der Waals surface area contributed by atoms with Crippen molar-refractivity contribution in [2.24, 2.45) is 5.92 Å². The summed E-state index contributed by atoms with van der Waals surface area (Å²) >= 11 is 11.8. The van der Waals surface area contributed by atoms with Crippen LogP contribution >= 0.6 is 39.3 Å². The first-order chi connectivity index (χ1) is 19.4. The molecule has 1 heterocycles. The van der Waals surface area contributed by atoms with Gasteiger partial charge in [0.15, 0.2) is 5.16 Å². The van der Waals surface area contributed by atoms with Gasteiger partial charge in [-0.3, -0.25) is 0 Å². The summed E-state index contributed by atoms with van der Waals surface area (Å²) in [5.41, 5.74) is 5.54. The number of benzene rings is 3. The van der Waals surface area contributed by atoms with E-state index in [4.69, 9.17) is 16.6 Å². The molecule has 1 unspecified atom stereocenters. The highest BCUT2D eigenvalue weighted by Gasteiger charge is 2.54. The number of hydrogen-bond acceptors (Lipinski definition) is 6. The van der Waals surface area contributed by atoms with Gasteiger partial charge in [0, 0.05) is 35.1 Å². The highest BCUT2D eigenvalue weighted by molar-refractivity contribution is 9.10. The Hall–Kier alpha value is -2.42. The Balaban J connectivity index is 1.45. The summed E-state index contributed by atoms with van der Waals surface area (Å²) in [4.78, 5) is 11.4. The molecule has 0 saturated heterocycles. The minimum absolute atomic E-state index is 0.103. The average Bonchev–Trinajstić information content (AvgIpc) is 2.93. The minimum Gasteiger partial charge on any atom is -0.391 e. The maximum Gasteiger partial charge on any atom is 0.188 e. The van der Waals surface area contributed by atoms with Crippen LogP contribution in [-0.2, 0) is 31.7 Å². The largest absolute Gasteiger partial charge is 0.391 e. The van der Waals surface area contributed by atoms with Crippen LogP contribution in [0.25, 0.3) is 0 Å². The van der Waals surface area contributed by atoms with Crippen LogP contribution in [0.4, 0.5) is 5.69 Å². The predicted molar refractivity (Wildman–Crippen MR) is 165 cm³/mol. The number of anilines is 1. The zero-order valence-corrected chi connectivity index (χ0v) is 25.4. The van der Waals surface area contributed by atoms with Gasteiger partial charge in [0.25, 0.3) is 0 Å². The molecule has 1 saturated carbocycles. The first-order valence-corrected chi connectivity index (χ1v) is 15.9. The predicted octanol–water partition coefficient (Wildman–Crippen LogP) is 7.25. The molecule has 8 heteroatoms. The number of nitrogens with zero attached hydrogens (tertiary/aromatic N) is 3. The van der Waals surface area contributed by atoms with Gasteiger partial charge in [0.2, 0.25) is 0 Å².